The van der Waals surface area contributed by atoms with Gasteiger partial charge in [0.15, 0.2) is 0 Å². The van der Waals surface area contributed by atoms with E-state index in [0.29, 0.717) is 0 Å². The number of rotatable bonds is 12. The minimum atomic E-state index is -2.12. The zero-order valence-corrected chi connectivity index (χ0v) is 18.7. The fourth-order valence-electron chi connectivity index (χ4n) is 4.41. The van der Waals surface area contributed by atoms with Crippen molar-refractivity contribution in [2.24, 2.45) is 5.92 Å². The van der Waals surface area contributed by atoms with Crippen LogP contribution in [0.25, 0.3) is 0 Å². The molecule has 0 spiro atoms. The second-order valence-electron chi connectivity index (χ2n) is 7.90. The summed E-state index contributed by atoms with van der Waals surface area (Å²) in [6.45, 7) is 11.9. The van der Waals surface area contributed by atoms with E-state index in [4.69, 9.17) is 6.58 Å². The van der Waals surface area contributed by atoms with Crippen LogP contribution in [0.15, 0.2) is 10.2 Å². The van der Waals surface area contributed by atoms with Crippen molar-refractivity contribution in [1.82, 2.24) is 0 Å². The van der Waals surface area contributed by atoms with Gasteiger partial charge in [-0.15, -0.1) is 0 Å². The Hall–Kier alpha value is 0.539. The molecule has 1 saturated carbocycles. The van der Waals surface area contributed by atoms with Crippen molar-refractivity contribution in [2.75, 3.05) is 0 Å². The number of hydrogen-bond acceptors (Lipinski definition) is 0. The van der Waals surface area contributed by atoms with Crippen LogP contribution in [0, 0.1) is 5.92 Å². The molecule has 0 amide bonds. The fraction of sp³-hybridized carbons (Fsp3) is 0.905. The van der Waals surface area contributed by atoms with Gasteiger partial charge < -0.3 is 0 Å². The van der Waals surface area contributed by atoms with E-state index in [1.807, 2.05) is 3.59 Å². The molecule has 1 heteroatoms. The summed E-state index contributed by atoms with van der Waals surface area (Å²) >= 11 is -2.12. The predicted octanol–water partition coefficient (Wildman–Crippen LogP) is 7.90. The van der Waals surface area contributed by atoms with E-state index in [-0.39, 0.29) is 0 Å². The van der Waals surface area contributed by atoms with Gasteiger partial charge >= 0.3 is 146 Å². The van der Waals surface area contributed by atoms with Crippen molar-refractivity contribution >= 4 is 18.4 Å². The van der Waals surface area contributed by atoms with Crippen LogP contribution in [-0.2, 0) is 0 Å². The third-order valence-corrected chi connectivity index (χ3v) is 22.1. The van der Waals surface area contributed by atoms with Crippen LogP contribution in [-0.4, -0.2) is 18.4 Å². The van der Waals surface area contributed by atoms with Gasteiger partial charge in [-0.3, -0.25) is 0 Å². The molecular weight excluding hydrogens is 371 g/mol. The Balaban J connectivity index is 2.74. The van der Waals surface area contributed by atoms with E-state index in [2.05, 4.69) is 20.8 Å². The third-order valence-electron chi connectivity index (χ3n) is 6.04. The molecule has 1 fully saturated rings. The number of hydrogen-bond donors (Lipinski definition) is 0. The quantitative estimate of drug-likeness (QED) is 0.285. The second-order valence-corrected chi connectivity index (χ2v) is 21.5. The normalized spacial score (nSPS) is 16.9. The van der Waals surface area contributed by atoms with Crippen LogP contribution in [0.1, 0.15) is 97.8 Å². The Morgan fingerprint density at radius 2 is 1.27 bits per heavy atom. The Bertz CT molecular complexity index is 267. The molecule has 0 bridgehead atoms. The molecule has 0 N–H and O–H groups in total. The van der Waals surface area contributed by atoms with E-state index in [0.717, 1.165) is 5.92 Å². The molecule has 0 atom stereocenters. The molecule has 1 rings (SSSR count). The Morgan fingerprint density at radius 1 is 0.818 bits per heavy atom. The average Bonchev–Trinajstić information content (AvgIpc) is 2.55. The van der Waals surface area contributed by atoms with E-state index in [1.54, 1.807) is 13.3 Å². The first-order valence-corrected chi connectivity index (χ1v) is 17.8. The van der Waals surface area contributed by atoms with Gasteiger partial charge in [-0.1, -0.05) is 0 Å². The summed E-state index contributed by atoms with van der Waals surface area (Å²) in [5.74, 6) is 1.00. The van der Waals surface area contributed by atoms with Crippen LogP contribution in [0.5, 0.6) is 0 Å². The SMILES string of the molecule is C=[C](CC1CCCCC1)[Sn]([CH2]CCC)([CH2]CCC)[CH2]CCC. The molecule has 0 saturated heterocycles. The van der Waals surface area contributed by atoms with E-state index < -0.39 is 18.4 Å². The molecule has 0 aromatic rings. The maximum absolute atomic E-state index is 4.77. The fourth-order valence-corrected chi connectivity index (χ4v) is 20.5. The minimum absolute atomic E-state index is 1.00. The average molecular weight is 413 g/mol. The van der Waals surface area contributed by atoms with Gasteiger partial charge in [-0.05, 0) is 0 Å². The molecule has 1 aliphatic carbocycles. The van der Waals surface area contributed by atoms with Gasteiger partial charge in [-0.2, -0.15) is 0 Å². The Kier molecular flexibility index (Phi) is 11.2. The summed E-state index contributed by atoms with van der Waals surface area (Å²) in [6, 6.07) is 0. The molecule has 0 aromatic heterocycles. The summed E-state index contributed by atoms with van der Waals surface area (Å²) in [5, 5.41) is 0. The zero-order valence-electron chi connectivity index (χ0n) is 15.9. The van der Waals surface area contributed by atoms with Crippen LogP contribution in [0.3, 0.4) is 0 Å². The molecule has 0 unspecified atom stereocenters. The standard InChI is InChI=1S/C9H15.3C4H9.Sn/c1-2-6-9-7-4-3-5-8-9;3*1-3-4-2;/h9H,1,3-8H2;3*1,3-4H2,2H3;. The van der Waals surface area contributed by atoms with Crippen molar-refractivity contribution < 1.29 is 0 Å². The molecule has 0 heterocycles. The topological polar surface area (TPSA) is 0 Å². The van der Waals surface area contributed by atoms with Gasteiger partial charge in [0, 0.05) is 0 Å². The molecule has 1 aliphatic rings. The second kappa shape index (κ2) is 12.0. The number of allylic oxidation sites excluding steroid dienone is 1. The molecular formula is C21H42Sn. The molecule has 0 aromatic carbocycles. The third kappa shape index (κ3) is 6.97. The van der Waals surface area contributed by atoms with Crippen molar-refractivity contribution in [3.63, 3.8) is 0 Å². The Morgan fingerprint density at radius 3 is 1.68 bits per heavy atom. The van der Waals surface area contributed by atoms with Crippen molar-refractivity contribution in [1.29, 1.82) is 0 Å². The molecule has 0 radical (unpaired) electrons. The molecule has 130 valence electrons. The summed E-state index contributed by atoms with van der Waals surface area (Å²) in [7, 11) is 0. The van der Waals surface area contributed by atoms with Gasteiger partial charge in [0.05, 0.1) is 0 Å². The van der Waals surface area contributed by atoms with Crippen LogP contribution in [0.2, 0.25) is 13.3 Å². The van der Waals surface area contributed by atoms with Crippen molar-refractivity contribution in [3.05, 3.63) is 10.2 Å². The van der Waals surface area contributed by atoms with E-state index in [9.17, 15) is 0 Å². The summed E-state index contributed by atoms with van der Waals surface area (Å²) in [6.07, 6.45) is 17.5. The van der Waals surface area contributed by atoms with E-state index in [1.165, 1.54) is 77.0 Å². The van der Waals surface area contributed by atoms with Crippen molar-refractivity contribution in [3.8, 4) is 0 Å². The van der Waals surface area contributed by atoms with Gasteiger partial charge in [0.2, 0.25) is 0 Å². The van der Waals surface area contributed by atoms with Crippen molar-refractivity contribution in [2.45, 2.75) is 111 Å². The zero-order chi connectivity index (χ0) is 16.3. The monoisotopic (exact) mass is 414 g/mol. The number of unbranched alkanes of at least 4 members (excludes halogenated alkanes) is 3. The first-order valence-electron chi connectivity index (χ1n) is 10.4. The van der Waals surface area contributed by atoms with Gasteiger partial charge in [0.1, 0.15) is 0 Å². The summed E-state index contributed by atoms with van der Waals surface area (Å²) in [4.78, 5) is 0. The summed E-state index contributed by atoms with van der Waals surface area (Å²) < 4.78 is 6.67. The Labute approximate surface area is 145 Å². The first kappa shape index (κ1) is 20.6. The van der Waals surface area contributed by atoms with Gasteiger partial charge in [-0.25, -0.2) is 0 Å². The van der Waals surface area contributed by atoms with Crippen LogP contribution >= 0.6 is 0 Å². The molecule has 22 heavy (non-hydrogen) atoms. The molecule has 0 nitrogen and oxygen atoms in total. The van der Waals surface area contributed by atoms with Crippen LogP contribution in [0.4, 0.5) is 0 Å². The maximum atomic E-state index is 4.77. The molecule has 0 aliphatic heterocycles. The van der Waals surface area contributed by atoms with E-state index >= 15 is 0 Å². The summed E-state index contributed by atoms with van der Waals surface area (Å²) in [5.41, 5.74) is 0. The first-order chi connectivity index (χ1) is 10.7. The van der Waals surface area contributed by atoms with Gasteiger partial charge in [0.25, 0.3) is 0 Å². The van der Waals surface area contributed by atoms with Crippen LogP contribution < -0.4 is 0 Å². The predicted molar refractivity (Wildman–Crippen MR) is 105 cm³/mol.